The SMILES string of the molecule is CN(C)CCN1C(=O)C(=O)/C(=C(\O)c2cccc(Cl)c2)C1c1ccc(O)c(Cl)c1. The number of nitrogens with zero attached hydrogens (tertiary/aromatic N) is 2. The highest BCUT2D eigenvalue weighted by Crippen LogP contribution is 2.41. The first-order valence-corrected chi connectivity index (χ1v) is 9.63. The summed E-state index contributed by atoms with van der Waals surface area (Å²) < 4.78 is 0. The van der Waals surface area contributed by atoms with E-state index in [0.717, 1.165) is 0 Å². The van der Waals surface area contributed by atoms with E-state index in [9.17, 15) is 19.8 Å². The van der Waals surface area contributed by atoms with Crippen LogP contribution in [-0.2, 0) is 9.59 Å². The molecule has 2 N–H and O–H groups in total. The van der Waals surface area contributed by atoms with Gasteiger partial charge in [-0.25, -0.2) is 0 Å². The number of phenols is 1. The Morgan fingerprint density at radius 2 is 1.86 bits per heavy atom. The van der Waals surface area contributed by atoms with Gasteiger partial charge >= 0.3 is 0 Å². The van der Waals surface area contributed by atoms with E-state index >= 15 is 0 Å². The van der Waals surface area contributed by atoms with E-state index in [2.05, 4.69) is 0 Å². The van der Waals surface area contributed by atoms with E-state index in [4.69, 9.17) is 23.2 Å². The van der Waals surface area contributed by atoms with Crippen LogP contribution in [0.25, 0.3) is 5.76 Å². The Morgan fingerprint density at radius 3 is 2.48 bits per heavy atom. The number of phenolic OH excluding ortho intramolecular Hbond substituents is 1. The second-order valence-corrected chi connectivity index (χ2v) is 7.86. The molecule has 1 aliphatic heterocycles. The molecule has 1 saturated heterocycles. The summed E-state index contributed by atoms with van der Waals surface area (Å²) in [6.45, 7) is 0.791. The van der Waals surface area contributed by atoms with Crippen molar-refractivity contribution >= 4 is 40.7 Å². The second-order valence-electron chi connectivity index (χ2n) is 7.02. The Balaban J connectivity index is 2.18. The Kier molecular flexibility index (Phi) is 6.17. The molecule has 2 aromatic rings. The molecule has 1 fully saturated rings. The predicted molar refractivity (Wildman–Crippen MR) is 112 cm³/mol. The molecule has 1 unspecified atom stereocenters. The van der Waals surface area contributed by atoms with Crippen LogP contribution in [0, 0.1) is 0 Å². The van der Waals surface area contributed by atoms with Crippen molar-refractivity contribution in [3.8, 4) is 5.75 Å². The molecule has 2 aromatic carbocycles. The number of hydrogen-bond acceptors (Lipinski definition) is 5. The Labute approximate surface area is 178 Å². The predicted octanol–water partition coefficient (Wildman–Crippen LogP) is 3.68. The maximum Gasteiger partial charge on any atom is 0.295 e. The number of amides is 1. The molecule has 1 heterocycles. The fourth-order valence-electron chi connectivity index (χ4n) is 3.25. The van der Waals surface area contributed by atoms with Gasteiger partial charge in [-0.3, -0.25) is 9.59 Å². The molecule has 0 bridgehead atoms. The molecule has 0 spiro atoms. The number of rotatable bonds is 5. The van der Waals surface area contributed by atoms with Crippen molar-refractivity contribution in [3.63, 3.8) is 0 Å². The van der Waals surface area contributed by atoms with Gasteiger partial charge in [0, 0.05) is 23.7 Å². The van der Waals surface area contributed by atoms with Gasteiger partial charge in [0.25, 0.3) is 11.7 Å². The van der Waals surface area contributed by atoms with Crippen LogP contribution in [0.15, 0.2) is 48.0 Å². The molecule has 1 aliphatic rings. The van der Waals surface area contributed by atoms with E-state index in [1.807, 2.05) is 19.0 Å². The van der Waals surface area contributed by atoms with Gasteiger partial charge in [-0.1, -0.05) is 41.4 Å². The average molecular weight is 435 g/mol. The third kappa shape index (κ3) is 4.24. The third-order valence-electron chi connectivity index (χ3n) is 4.71. The lowest BCUT2D eigenvalue weighted by molar-refractivity contribution is -0.140. The summed E-state index contributed by atoms with van der Waals surface area (Å²) in [6, 6.07) is 10.0. The van der Waals surface area contributed by atoms with Gasteiger partial charge in [-0.05, 0) is 43.9 Å². The zero-order chi connectivity index (χ0) is 21.3. The van der Waals surface area contributed by atoms with Gasteiger partial charge < -0.3 is 20.0 Å². The van der Waals surface area contributed by atoms with Gasteiger partial charge in [-0.2, -0.15) is 0 Å². The first-order chi connectivity index (χ1) is 13.7. The number of ketones is 1. The zero-order valence-corrected chi connectivity index (χ0v) is 17.4. The molecule has 6 nitrogen and oxygen atoms in total. The molecule has 152 valence electrons. The van der Waals surface area contributed by atoms with E-state index in [1.54, 1.807) is 24.3 Å². The van der Waals surface area contributed by atoms with Crippen LogP contribution >= 0.6 is 23.2 Å². The highest BCUT2D eigenvalue weighted by atomic mass is 35.5. The fraction of sp³-hybridized carbons (Fsp3) is 0.238. The van der Waals surface area contributed by atoms with Crippen molar-refractivity contribution in [2.45, 2.75) is 6.04 Å². The van der Waals surface area contributed by atoms with Crippen LogP contribution in [0.2, 0.25) is 10.0 Å². The summed E-state index contributed by atoms with van der Waals surface area (Å²) in [5.41, 5.74) is 0.796. The van der Waals surface area contributed by atoms with E-state index in [0.29, 0.717) is 22.7 Å². The molecule has 0 radical (unpaired) electrons. The number of benzene rings is 2. The highest BCUT2D eigenvalue weighted by Gasteiger charge is 2.46. The van der Waals surface area contributed by atoms with Gasteiger partial charge in [-0.15, -0.1) is 0 Å². The number of likely N-dealkylation sites (N-methyl/N-ethyl adjacent to an activating group) is 1. The standard InChI is InChI=1S/C21H20Cl2N2O4/c1-24(2)8-9-25-18(12-6-7-16(26)15(23)11-12)17(20(28)21(25)29)19(27)13-4-3-5-14(22)10-13/h3-7,10-11,18,26-27H,8-9H2,1-2H3/b19-17-. The Hall–Kier alpha value is -2.54. The number of aromatic hydroxyl groups is 1. The van der Waals surface area contributed by atoms with Crippen LogP contribution in [0.4, 0.5) is 0 Å². The van der Waals surface area contributed by atoms with Gasteiger partial charge in [0.2, 0.25) is 0 Å². The number of Topliss-reactive ketones (excluding diaryl/α,β-unsaturated/α-hetero) is 1. The van der Waals surface area contributed by atoms with Crippen LogP contribution in [0.3, 0.4) is 0 Å². The Morgan fingerprint density at radius 1 is 1.14 bits per heavy atom. The maximum atomic E-state index is 12.9. The lowest BCUT2D eigenvalue weighted by Crippen LogP contribution is -2.35. The minimum atomic E-state index is -0.841. The summed E-state index contributed by atoms with van der Waals surface area (Å²) in [4.78, 5) is 28.9. The van der Waals surface area contributed by atoms with Crippen molar-refractivity contribution in [3.05, 3.63) is 69.2 Å². The second kappa shape index (κ2) is 8.45. The Bertz CT molecular complexity index is 1000. The molecule has 1 atom stereocenters. The summed E-state index contributed by atoms with van der Waals surface area (Å²) in [6.07, 6.45) is 0. The number of likely N-dealkylation sites (tertiary alicyclic amines) is 1. The molecule has 0 aliphatic carbocycles. The van der Waals surface area contributed by atoms with Crippen LogP contribution in [0.1, 0.15) is 17.2 Å². The molecular formula is C21H20Cl2N2O4. The van der Waals surface area contributed by atoms with E-state index < -0.39 is 17.7 Å². The summed E-state index contributed by atoms with van der Waals surface area (Å²) >= 11 is 12.1. The molecule has 1 amide bonds. The maximum absolute atomic E-state index is 12.9. The number of aliphatic hydroxyl groups is 1. The number of carbonyl (C=O) groups excluding carboxylic acids is 2. The highest BCUT2D eigenvalue weighted by molar-refractivity contribution is 6.46. The topological polar surface area (TPSA) is 81.1 Å². The van der Waals surface area contributed by atoms with Crippen LogP contribution in [-0.4, -0.2) is 58.9 Å². The van der Waals surface area contributed by atoms with Crippen molar-refractivity contribution in [1.82, 2.24) is 9.80 Å². The van der Waals surface area contributed by atoms with Gasteiger partial charge in [0.1, 0.15) is 11.5 Å². The van der Waals surface area contributed by atoms with Crippen molar-refractivity contribution in [2.75, 3.05) is 27.2 Å². The molecular weight excluding hydrogens is 415 g/mol. The summed E-state index contributed by atoms with van der Waals surface area (Å²) in [7, 11) is 3.71. The van der Waals surface area contributed by atoms with Crippen LogP contribution in [0.5, 0.6) is 5.75 Å². The van der Waals surface area contributed by atoms with Gasteiger partial charge in [0.05, 0.1) is 16.6 Å². The lowest BCUT2D eigenvalue weighted by Gasteiger charge is -2.26. The molecule has 3 rings (SSSR count). The quantitative estimate of drug-likeness (QED) is 0.426. The minimum Gasteiger partial charge on any atom is -0.507 e. The molecule has 8 heteroatoms. The van der Waals surface area contributed by atoms with Crippen molar-refractivity contribution in [2.24, 2.45) is 0 Å². The normalized spacial score (nSPS) is 18.7. The summed E-state index contributed by atoms with van der Waals surface area (Å²) in [5, 5.41) is 21.1. The molecule has 0 saturated carbocycles. The van der Waals surface area contributed by atoms with Crippen molar-refractivity contribution in [1.29, 1.82) is 0 Å². The number of aliphatic hydroxyl groups excluding tert-OH is 1. The molecule has 29 heavy (non-hydrogen) atoms. The van der Waals surface area contributed by atoms with Crippen molar-refractivity contribution < 1.29 is 19.8 Å². The summed E-state index contributed by atoms with van der Waals surface area (Å²) in [5.74, 6) is -1.91. The monoisotopic (exact) mass is 434 g/mol. The number of halogens is 2. The average Bonchev–Trinajstić information content (AvgIpc) is 2.92. The minimum absolute atomic E-state index is 0.0437. The van der Waals surface area contributed by atoms with Crippen LogP contribution < -0.4 is 0 Å². The lowest BCUT2D eigenvalue weighted by atomic mass is 9.95. The first-order valence-electron chi connectivity index (χ1n) is 8.88. The third-order valence-corrected chi connectivity index (χ3v) is 5.25. The van der Waals surface area contributed by atoms with E-state index in [-0.39, 0.29) is 28.6 Å². The van der Waals surface area contributed by atoms with Gasteiger partial charge in [0.15, 0.2) is 0 Å². The molecule has 0 aromatic heterocycles. The first kappa shape index (κ1) is 21.2. The smallest absolute Gasteiger partial charge is 0.295 e. The number of hydrogen-bond donors (Lipinski definition) is 2. The fourth-order valence-corrected chi connectivity index (χ4v) is 3.63. The number of carbonyl (C=O) groups is 2. The van der Waals surface area contributed by atoms with E-state index in [1.165, 1.54) is 23.1 Å². The largest absolute Gasteiger partial charge is 0.507 e. The zero-order valence-electron chi connectivity index (χ0n) is 15.9.